The van der Waals surface area contributed by atoms with Gasteiger partial charge in [-0.25, -0.2) is 0 Å². The Morgan fingerprint density at radius 1 is 1.00 bits per heavy atom. The Morgan fingerprint density at radius 2 is 1.58 bits per heavy atom. The second kappa shape index (κ2) is 6.56. The van der Waals surface area contributed by atoms with Crippen LogP contribution >= 0.6 is 0 Å². The maximum atomic E-state index is 3.78. The molecular weight excluding hydrogens is 230 g/mol. The topological polar surface area (TPSA) is 12.0 Å². The van der Waals surface area contributed by atoms with Gasteiger partial charge in [0.1, 0.15) is 0 Å². The first kappa shape index (κ1) is 14.6. The molecule has 0 heterocycles. The lowest BCUT2D eigenvalue weighted by Gasteiger charge is -2.38. The first-order chi connectivity index (χ1) is 9.08. The van der Waals surface area contributed by atoms with Crippen LogP contribution in [0.5, 0.6) is 0 Å². The molecule has 0 saturated heterocycles. The van der Waals surface area contributed by atoms with Crippen molar-refractivity contribution in [3.63, 3.8) is 0 Å². The molecule has 0 amide bonds. The summed E-state index contributed by atoms with van der Waals surface area (Å²) >= 11 is 0. The quantitative estimate of drug-likeness (QED) is 0.796. The first-order valence-corrected chi connectivity index (χ1v) is 7.86. The molecule has 1 fully saturated rings. The number of rotatable bonds is 6. The molecule has 19 heavy (non-hydrogen) atoms. The van der Waals surface area contributed by atoms with E-state index in [0.29, 0.717) is 0 Å². The van der Waals surface area contributed by atoms with E-state index in [1.165, 1.54) is 24.9 Å². The van der Waals surface area contributed by atoms with Gasteiger partial charge in [0.05, 0.1) is 0 Å². The maximum Gasteiger partial charge on any atom is 0.00788 e. The van der Waals surface area contributed by atoms with E-state index < -0.39 is 0 Å². The first-order valence-electron chi connectivity index (χ1n) is 7.86. The van der Waals surface area contributed by atoms with E-state index in [2.05, 4.69) is 63.3 Å². The van der Waals surface area contributed by atoms with Gasteiger partial charge in [0.2, 0.25) is 0 Å². The second-order valence-electron chi connectivity index (χ2n) is 6.84. The fourth-order valence-corrected chi connectivity index (χ4v) is 3.33. The van der Waals surface area contributed by atoms with Gasteiger partial charge in [-0.1, -0.05) is 58.0 Å². The highest BCUT2D eigenvalue weighted by atomic mass is 14.9. The Labute approximate surface area is 118 Å². The van der Waals surface area contributed by atoms with Crippen molar-refractivity contribution in [3.8, 4) is 0 Å². The summed E-state index contributed by atoms with van der Waals surface area (Å²) in [5, 5.41) is 3.78. The third-order valence-corrected chi connectivity index (χ3v) is 4.76. The summed E-state index contributed by atoms with van der Waals surface area (Å²) in [4.78, 5) is 0. The molecule has 0 aliphatic heterocycles. The average Bonchev–Trinajstić information content (AvgIpc) is 2.32. The Kier molecular flexibility index (Phi) is 5.04. The van der Waals surface area contributed by atoms with Crippen LogP contribution in [0.25, 0.3) is 0 Å². The smallest absolute Gasteiger partial charge is 0.00788 e. The normalized spacial score (nSPS) is 23.1. The molecule has 1 aromatic carbocycles. The molecule has 106 valence electrons. The minimum atomic E-state index is 0.741. The molecule has 1 saturated carbocycles. The van der Waals surface area contributed by atoms with E-state index in [-0.39, 0.29) is 0 Å². The lowest BCUT2D eigenvalue weighted by Crippen LogP contribution is -2.43. The van der Waals surface area contributed by atoms with E-state index in [9.17, 15) is 0 Å². The standard InChI is InChI=1S/C18H29N/c1-13(2)18(14(3)4)12-19-17-10-16(11-17)15-8-6-5-7-9-15/h5-9,13-14,16-19H,10-12H2,1-4H3. The van der Waals surface area contributed by atoms with Crippen LogP contribution in [-0.2, 0) is 0 Å². The summed E-state index contributed by atoms with van der Waals surface area (Å²) in [6.45, 7) is 10.6. The predicted molar refractivity (Wildman–Crippen MR) is 83.4 cm³/mol. The summed E-state index contributed by atoms with van der Waals surface area (Å²) < 4.78 is 0. The third-order valence-electron chi connectivity index (χ3n) is 4.76. The van der Waals surface area contributed by atoms with E-state index in [0.717, 1.165) is 29.7 Å². The van der Waals surface area contributed by atoms with Crippen molar-refractivity contribution in [2.45, 2.75) is 52.5 Å². The van der Waals surface area contributed by atoms with Crippen LogP contribution in [0.15, 0.2) is 30.3 Å². The van der Waals surface area contributed by atoms with Crippen LogP contribution < -0.4 is 5.32 Å². The van der Waals surface area contributed by atoms with Crippen molar-refractivity contribution in [2.75, 3.05) is 6.54 Å². The van der Waals surface area contributed by atoms with E-state index in [4.69, 9.17) is 0 Å². The summed E-state index contributed by atoms with van der Waals surface area (Å²) in [6, 6.07) is 11.7. The number of nitrogens with one attached hydrogen (secondary N) is 1. The highest BCUT2D eigenvalue weighted by Crippen LogP contribution is 2.36. The molecule has 0 atom stereocenters. The van der Waals surface area contributed by atoms with E-state index >= 15 is 0 Å². The van der Waals surface area contributed by atoms with Crippen LogP contribution in [0.2, 0.25) is 0 Å². The molecular formula is C18H29N. The zero-order valence-electron chi connectivity index (χ0n) is 12.9. The summed E-state index contributed by atoms with van der Waals surface area (Å²) in [5.41, 5.74) is 1.52. The fourth-order valence-electron chi connectivity index (χ4n) is 3.33. The molecule has 0 unspecified atom stereocenters. The molecule has 1 heteroatoms. The van der Waals surface area contributed by atoms with Crippen LogP contribution in [0.3, 0.4) is 0 Å². The molecule has 1 aliphatic rings. The average molecular weight is 259 g/mol. The number of hydrogen-bond donors (Lipinski definition) is 1. The molecule has 1 nitrogen and oxygen atoms in total. The van der Waals surface area contributed by atoms with Crippen LogP contribution in [0.1, 0.15) is 52.0 Å². The van der Waals surface area contributed by atoms with Gasteiger partial charge in [-0.15, -0.1) is 0 Å². The molecule has 1 N–H and O–H groups in total. The summed E-state index contributed by atoms with van der Waals surface area (Å²) in [6.07, 6.45) is 2.62. The largest absolute Gasteiger partial charge is 0.314 e. The van der Waals surface area contributed by atoms with Crippen LogP contribution in [-0.4, -0.2) is 12.6 Å². The van der Waals surface area contributed by atoms with Crippen LogP contribution in [0, 0.1) is 17.8 Å². The van der Waals surface area contributed by atoms with Crippen molar-refractivity contribution < 1.29 is 0 Å². The van der Waals surface area contributed by atoms with Gasteiger partial charge in [0.25, 0.3) is 0 Å². The van der Waals surface area contributed by atoms with Crippen LogP contribution in [0.4, 0.5) is 0 Å². The molecule has 1 aliphatic carbocycles. The SMILES string of the molecule is CC(C)C(CNC1CC(c2ccccc2)C1)C(C)C. The van der Waals surface area contributed by atoms with E-state index in [1.54, 1.807) is 0 Å². The highest BCUT2D eigenvalue weighted by molar-refractivity contribution is 5.22. The van der Waals surface area contributed by atoms with Gasteiger partial charge in [0, 0.05) is 6.04 Å². The Morgan fingerprint density at radius 3 is 2.11 bits per heavy atom. The van der Waals surface area contributed by atoms with Gasteiger partial charge in [-0.05, 0) is 48.6 Å². The molecule has 1 aromatic rings. The summed E-state index contributed by atoms with van der Waals surface area (Å²) in [5.74, 6) is 3.14. The Hall–Kier alpha value is -0.820. The van der Waals surface area contributed by atoms with Crippen molar-refractivity contribution in [1.82, 2.24) is 5.32 Å². The van der Waals surface area contributed by atoms with Crippen molar-refractivity contribution >= 4 is 0 Å². The van der Waals surface area contributed by atoms with Gasteiger partial charge in [0.15, 0.2) is 0 Å². The minimum Gasteiger partial charge on any atom is -0.314 e. The van der Waals surface area contributed by atoms with Crippen molar-refractivity contribution in [3.05, 3.63) is 35.9 Å². The van der Waals surface area contributed by atoms with Gasteiger partial charge in [-0.3, -0.25) is 0 Å². The fraction of sp³-hybridized carbons (Fsp3) is 0.667. The second-order valence-corrected chi connectivity index (χ2v) is 6.84. The van der Waals surface area contributed by atoms with E-state index in [1.807, 2.05) is 0 Å². The number of benzene rings is 1. The maximum absolute atomic E-state index is 3.78. The van der Waals surface area contributed by atoms with Crippen molar-refractivity contribution in [2.24, 2.45) is 17.8 Å². The van der Waals surface area contributed by atoms with Gasteiger partial charge >= 0.3 is 0 Å². The lowest BCUT2D eigenvalue weighted by molar-refractivity contribution is 0.225. The predicted octanol–water partition coefficient (Wildman–Crippen LogP) is 4.45. The molecule has 0 aromatic heterocycles. The number of hydrogen-bond acceptors (Lipinski definition) is 1. The highest BCUT2D eigenvalue weighted by Gasteiger charge is 2.30. The Balaban J connectivity index is 1.73. The monoisotopic (exact) mass is 259 g/mol. The molecule has 0 radical (unpaired) electrons. The van der Waals surface area contributed by atoms with Crippen molar-refractivity contribution in [1.29, 1.82) is 0 Å². The molecule has 0 bridgehead atoms. The zero-order valence-corrected chi connectivity index (χ0v) is 12.9. The lowest BCUT2D eigenvalue weighted by atomic mass is 9.75. The van der Waals surface area contributed by atoms with Gasteiger partial charge < -0.3 is 5.32 Å². The summed E-state index contributed by atoms with van der Waals surface area (Å²) in [7, 11) is 0. The minimum absolute atomic E-state index is 0.741. The van der Waals surface area contributed by atoms with Gasteiger partial charge in [-0.2, -0.15) is 0 Å². The third kappa shape index (κ3) is 3.82. The Bertz CT molecular complexity index is 355. The zero-order chi connectivity index (χ0) is 13.8. The molecule has 0 spiro atoms. The molecule has 2 rings (SSSR count).